The van der Waals surface area contributed by atoms with Crippen LogP contribution in [0, 0.1) is 11.8 Å². The predicted octanol–water partition coefficient (Wildman–Crippen LogP) is 3.18. The molecule has 0 spiro atoms. The number of hydrogen-bond acceptors (Lipinski definition) is 9. The SMILES string of the molecule is C/C(=C\c1cccc(S(=O)(=O)NC(C)(C)CO)c1)[C@H]1OC(=O)C[C@H](O)CC[C@H](C)[C@H](OC(=O)N2CCN(C)CC2)/C=C/[C@@H]1C. The minimum Gasteiger partial charge on any atom is -0.457 e. The zero-order valence-electron chi connectivity index (χ0n) is 26.7. The summed E-state index contributed by atoms with van der Waals surface area (Å²) >= 11 is 0. The van der Waals surface area contributed by atoms with Crippen LogP contribution in [0.2, 0.25) is 0 Å². The fourth-order valence-electron chi connectivity index (χ4n) is 5.20. The minimum atomic E-state index is -3.91. The minimum absolute atomic E-state index is 0.0336. The number of sulfonamides is 1. The van der Waals surface area contributed by atoms with Gasteiger partial charge in [0.1, 0.15) is 12.2 Å². The van der Waals surface area contributed by atoms with Crippen LogP contribution in [0.25, 0.3) is 6.08 Å². The third-order valence-corrected chi connectivity index (χ3v) is 9.77. The summed E-state index contributed by atoms with van der Waals surface area (Å²) in [5.74, 6) is -0.958. The average Bonchev–Trinajstić information content (AvgIpc) is 2.96. The Balaban J connectivity index is 1.87. The first-order chi connectivity index (χ1) is 20.6. The van der Waals surface area contributed by atoms with Gasteiger partial charge in [-0.2, -0.15) is 0 Å². The average molecular weight is 636 g/mol. The highest BCUT2D eigenvalue weighted by atomic mass is 32.2. The second-order valence-corrected chi connectivity index (χ2v) is 14.5. The Labute approximate surface area is 261 Å². The van der Waals surface area contributed by atoms with E-state index in [0.717, 1.165) is 13.1 Å². The van der Waals surface area contributed by atoms with Crippen molar-refractivity contribution in [3.63, 3.8) is 0 Å². The first-order valence-electron chi connectivity index (χ1n) is 15.2. The fraction of sp³-hybridized carbons (Fsp3) is 0.625. The number of amides is 1. The normalized spacial score (nSPS) is 27.5. The van der Waals surface area contributed by atoms with Crippen LogP contribution in [0.3, 0.4) is 0 Å². The van der Waals surface area contributed by atoms with E-state index in [4.69, 9.17) is 9.47 Å². The van der Waals surface area contributed by atoms with E-state index in [1.807, 2.05) is 33.0 Å². The van der Waals surface area contributed by atoms with Crippen molar-refractivity contribution in [2.75, 3.05) is 39.8 Å². The topological polar surface area (TPSA) is 146 Å². The number of aliphatic hydroxyl groups excluding tert-OH is 2. The van der Waals surface area contributed by atoms with Gasteiger partial charge in [0.25, 0.3) is 0 Å². The molecule has 44 heavy (non-hydrogen) atoms. The van der Waals surface area contributed by atoms with Gasteiger partial charge in [0.2, 0.25) is 10.0 Å². The van der Waals surface area contributed by atoms with E-state index >= 15 is 0 Å². The number of carbonyl (C=O) groups is 2. The van der Waals surface area contributed by atoms with Crippen molar-refractivity contribution < 1.29 is 37.7 Å². The van der Waals surface area contributed by atoms with Crippen LogP contribution >= 0.6 is 0 Å². The predicted molar refractivity (Wildman–Crippen MR) is 168 cm³/mol. The van der Waals surface area contributed by atoms with Crippen molar-refractivity contribution in [2.24, 2.45) is 11.8 Å². The Morgan fingerprint density at radius 3 is 2.50 bits per heavy atom. The molecule has 3 N–H and O–H groups in total. The van der Waals surface area contributed by atoms with E-state index in [0.29, 0.717) is 37.1 Å². The smallest absolute Gasteiger partial charge is 0.410 e. The van der Waals surface area contributed by atoms with Gasteiger partial charge in [0, 0.05) is 32.1 Å². The number of aliphatic hydroxyl groups is 2. The molecule has 3 rings (SSSR count). The highest BCUT2D eigenvalue weighted by Crippen LogP contribution is 2.26. The maximum Gasteiger partial charge on any atom is 0.410 e. The zero-order valence-corrected chi connectivity index (χ0v) is 27.5. The molecule has 2 aliphatic rings. The van der Waals surface area contributed by atoms with E-state index in [-0.39, 0.29) is 35.9 Å². The van der Waals surface area contributed by atoms with Gasteiger partial charge in [-0.1, -0.05) is 38.1 Å². The van der Waals surface area contributed by atoms with Gasteiger partial charge in [0.15, 0.2) is 0 Å². The lowest BCUT2D eigenvalue weighted by atomic mass is 9.91. The Kier molecular flexibility index (Phi) is 12.6. The second kappa shape index (κ2) is 15.5. The maximum absolute atomic E-state index is 13.0. The first kappa shape index (κ1) is 35.7. The molecule has 0 bridgehead atoms. The van der Waals surface area contributed by atoms with Crippen molar-refractivity contribution in [1.29, 1.82) is 0 Å². The second-order valence-electron chi connectivity index (χ2n) is 12.8. The molecule has 2 heterocycles. The standard InChI is InChI=1S/C32H49N3O8S/c1-22-10-12-26(37)20-29(38)43-30(23(2)11-13-28(22)42-31(39)35-16-14-34(6)15-17-35)24(3)18-25-8-7-9-27(19-25)44(40,41)33-32(4,5)21-36/h7-9,11,13,18-19,22-23,26,28,30,33,36-37H,10,12,14-17,20-21H2,1-6H3/b13-11+,24-18+/t22-,23-,26+,28+,30-/m0/s1. The number of rotatable bonds is 7. The number of piperazine rings is 1. The third kappa shape index (κ3) is 10.4. The summed E-state index contributed by atoms with van der Waals surface area (Å²) in [7, 11) is -1.89. The van der Waals surface area contributed by atoms with Crippen LogP contribution in [0.15, 0.2) is 46.9 Å². The van der Waals surface area contributed by atoms with Gasteiger partial charge < -0.3 is 29.5 Å². The lowest BCUT2D eigenvalue weighted by Gasteiger charge is -2.33. The fourth-order valence-corrected chi connectivity index (χ4v) is 6.66. The number of hydrogen-bond donors (Lipinski definition) is 3. The van der Waals surface area contributed by atoms with Crippen molar-refractivity contribution in [3.05, 3.63) is 47.6 Å². The van der Waals surface area contributed by atoms with Crippen LogP contribution in [-0.4, -0.2) is 104 Å². The molecule has 5 atom stereocenters. The van der Waals surface area contributed by atoms with E-state index < -0.39 is 39.8 Å². The monoisotopic (exact) mass is 635 g/mol. The lowest BCUT2D eigenvalue weighted by Crippen LogP contribution is -2.48. The maximum atomic E-state index is 13.0. The Hall–Kier alpha value is -2.77. The number of nitrogens with one attached hydrogen (secondary N) is 1. The molecule has 1 fully saturated rings. The lowest BCUT2D eigenvalue weighted by molar-refractivity contribution is -0.151. The van der Waals surface area contributed by atoms with Crippen molar-refractivity contribution in [1.82, 2.24) is 14.5 Å². The molecular formula is C32H49N3O8S. The molecule has 0 aromatic heterocycles. The number of nitrogens with zero attached hydrogens (tertiary/aromatic N) is 2. The largest absolute Gasteiger partial charge is 0.457 e. The van der Waals surface area contributed by atoms with E-state index in [1.165, 1.54) is 12.1 Å². The summed E-state index contributed by atoms with van der Waals surface area (Å²) in [6, 6.07) is 6.34. The summed E-state index contributed by atoms with van der Waals surface area (Å²) in [6.45, 7) is 11.2. The zero-order chi connectivity index (χ0) is 32.7. The van der Waals surface area contributed by atoms with Crippen molar-refractivity contribution >= 4 is 28.2 Å². The van der Waals surface area contributed by atoms with Gasteiger partial charge in [-0.3, -0.25) is 4.79 Å². The quantitative estimate of drug-likeness (QED) is 0.304. The van der Waals surface area contributed by atoms with Crippen molar-refractivity contribution in [3.8, 4) is 0 Å². The van der Waals surface area contributed by atoms with E-state index in [9.17, 15) is 28.2 Å². The van der Waals surface area contributed by atoms with E-state index in [1.54, 1.807) is 43.9 Å². The summed E-state index contributed by atoms with van der Waals surface area (Å²) in [5.41, 5.74) is 0.209. The van der Waals surface area contributed by atoms with Crippen molar-refractivity contribution in [2.45, 2.75) is 82.6 Å². The third-order valence-electron chi connectivity index (χ3n) is 8.07. The summed E-state index contributed by atoms with van der Waals surface area (Å²) in [6.07, 6.45) is 3.69. The summed E-state index contributed by atoms with van der Waals surface area (Å²) in [4.78, 5) is 29.8. The first-order valence-corrected chi connectivity index (χ1v) is 16.7. The van der Waals surface area contributed by atoms with Gasteiger partial charge in [-0.25, -0.2) is 17.9 Å². The molecule has 1 amide bonds. The van der Waals surface area contributed by atoms with Gasteiger partial charge in [0.05, 0.1) is 29.6 Å². The number of carbonyl (C=O) groups excluding carboxylic acids is 2. The molecule has 246 valence electrons. The summed E-state index contributed by atoms with van der Waals surface area (Å²) < 4.78 is 40.2. The van der Waals surface area contributed by atoms with Crippen LogP contribution in [0.4, 0.5) is 4.79 Å². The number of cyclic esters (lactones) is 1. The number of ether oxygens (including phenoxy) is 2. The van der Waals surface area contributed by atoms with E-state index in [2.05, 4.69) is 9.62 Å². The number of likely N-dealkylation sites (N-methyl/N-ethyl adjacent to an activating group) is 1. The van der Waals surface area contributed by atoms with Crippen LogP contribution in [0.1, 0.15) is 59.4 Å². The molecule has 0 unspecified atom stereocenters. The van der Waals surface area contributed by atoms with Crippen LogP contribution in [-0.2, 0) is 24.3 Å². The molecule has 11 nitrogen and oxygen atoms in total. The molecular weight excluding hydrogens is 586 g/mol. The Morgan fingerprint density at radius 2 is 1.84 bits per heavy atom. The molecule has 1 saturated heterocycles. The molecule has 1 aromatic rings. The molecule has 1 aromatic carbocycles. The summed E-state index contributed by atoms with van der Waals surface area (Å²) in [5, 5.41) is 20.1. The number of benzene rings is 1. The molecule has 0 saturated carbocycles. The number of esters is 1. The van der Waals surface area contributed by atoms with Crippen LogP contribution in [0.5, 0.6) is 0 Å². The molecule has 0 aliphatic carbocycles. The van der Waals surface area contributed by atoms with Gasteiger partial charge in [-0.05, 0) is 75.9 Å². The molecule has 12 heteroatoms. The van der Waals surface area contributed by atoms with Gasteiger partial charge >= 0.3 is 12.1 Å². The highest BCUT2D eigenvalue weighted by molar-refractivity contribution is 7.89. The van der Waals surface area contributed by atoms with Gasteiger partial charge in [-0.15, -0.1) is 0 Å². The molecule has 0 radical (unpaired) electrons. The van der Waals surface area contributed by atoms with Crippen LogP contribution < -0.4 is 4.72 Å². The Bertz CT molecular complexity index is 1300. The Morgan fingerprint density at radius 1 is 1.16 bits per heavy atom. The highest BCUT2D eigenvalue weighted by Gasteiger charge is 2.30. The molecule has 2 aliphatic heterocycles.